The highest BCUT2D eigenvalue weighted by molar-refractivity contribution is 5.63. The highest BCUT2D eigenvalue weighted by Crippen LogP contribution is 2.20. The Morgan fingerprint density at radius 3 is 2.50 bits per heavy atom. The molecule has 0 unspecified atom stereocenters. The minimum atomic E-state index is 0. The first-order valence-electron chi connectivity index (χ1n) is 5.19. The van der Waals surface area contributed by atoms with E-state index >= 15 is 0 Å². The van der Waals surface area contributed by atoms with Gasteiger partial charge in [0.1, 0.15) is 6.54 Å². The molecule has 2 nitrogen and oxygen atoms in total. The Hall–Kier alpha value is -1.38. The van der Waals surface area contributed by atoms with E-state index in [4.69, 9.17) is 0 Å². The van der Waals surface area contributed by atoms with E-state index in [-0.39, 0.29) is 12.4 Å². The fourth-order valence-corrected chi connectivity index (χ4v) is 1.69. The predicted octanol–water partition coefficient (Wildman–Crippen LogP) is -1.55. The minimum Gasteiger partial charge on any atom is -1.00 e. The Morgan fingerprint density at radius 2 is 1.81 bits per heavy atom. The maximum atomic E-state index is 4.38. The van der Waals surface area contributed by atoms with Crippen LogP contribution in [0, 0.1) is 0 Å². The van der Waals surface area contributed by atoms with Crippen LogP contribution in [0.4, 0.5) is 0 Å². The zero-order chi connectivity index (χ0) is 10.5. The third-order valence-electron chi connectivity index (χ3n) is 2.38. The molecular formula is C13H15ClN2. The van der Waals surface area contributed by atoms with Crippen LogP contribution >= 0.6 is 0 Å². The summed E-state index contributed by atoms with van der Waals surface area (Å²) in [6.07, 6.45) is 1.84. The van der Waals surface area contributed by atoms with Gasteiger partial charge in [0.15, 0.2) is 0 Å². The molecule has 1 heterocycles. The first kappa shape index (κ1) is 12.7. The Kier molecular flexibility index (Phi) is 4.96. The van der Waals surface area contributed by atoms with Crippen LogP contribution in [0.15, 0.2) is 48.7 Å². The molecule has 0 radical (unpaired) electrons. The lowest BCUT2D eigenvalue weighted by molar-refractivity contribution is -0.643. The zero-order valence-corrected chi connectivity index (χ0v) is 9.98. The van der Waals surface area contributed by atoms with Gasteiger partial charge in [-0.2, -0.15) is 0 Å². The van der Waals surface area contributed by atoms with Crippen molar-refractivity contribution in [1.29, 1.82) is 0 Å². The van der Waals surface area contributed by atoms with E-state index in [0.717, 1.165) is 12.2 Å². The van der Waals surface area contributed by atoms with Crippen LogP contribution in [0.1, 0.15) is 5.56 Å². The molecule has 0 spiro atoms. The molecule has 3 heteroatoms. The quantitative estimate of drug-likeness (QED) is 0.685. The fraction of sp³-hybridized carbons (Fsp3) is 0.154. The number of benzene rings is 1. The van der Waals surface area contributed by atoms with Gasteiger partial charge in [-0.1, -0.05) is 30.3 Å². The van der Waals surface area contributed by atoms with E-state index < -0.39 is 0 Å². The van der Waals surface area contributed by atoms with Gasteiger partial charge >= 0.3 is 0 Å². The van der Waals surface area contributed by atoms with Crippen LogP contribution in [0.3, 0.4) is 0 Å². The van der Waals surface area contributed by atoms with Crippen LogP contribution in [0.25, 0.3) is 11.3 Å². The number of rotatable bonds is 3. The first-order valence-corrected chi connectivity index (χ1v) is 5.19. The van der Waals surface area contributed by atoms with Gasteiger partial charge in [0.25, 0.3) is 0 Å². The fourth-order valence-electron chi connectivity index (χ4n) is 1.69. The van der Waals surface area contributed by atoms with Crippen LogP contribution < -0.4 is 17.7 Å². The average Bonchev–Trinajstić information content (AvgIpc) is 2.31. The summed E-state index contributed by atoms with van der Waals surface area (Å²) in [4.78, 5) is 4.38. The van der Waals surface area contributed by atoms with Crippen molar-refractivity contribution in [2.75, 3.05) is 7.05 Å². The summed E-state index contributed by atoms with van der Waals surface area (Å²) in [5.74, 6) is 0. The molecule has 0 saturated carbocycles. The van der Waals surface area contributed by atoms with Gasteiger partial charge in [-0.25, -0.2) is 0 Å². The van der Waals surface area contributed by atoms with E-state index in [9.17, 15) is 0 Å². The van der Waals surface area contributed by atoms with Crippen molar-refractivity contribution in [3.05, 3.63) is 54.2 Å². The van der Waals surface area contributed by atoms with Gasteiger partial charge in [-0.05, 0) is 12.1 Å². The van der Waals surface area contributed by atoms with Crippen molar-refractivity contribution < 1.29 is 17.7 Å². The Bertz CT molecular complexity index is 429. The third kappa shape index (κ3) is 2.81. The van der Waals surface area contributed by atoms with Gasteiger partial charge in [0.2, 0.25) is 0 Å². The molecule has 0 saturated heterocycles. The molecule has 0 amide bonds. The lowest BCUT2D eigenvalue weighted by atomic mass is 10.0. The summed E-state index contributed by atoms with van der Waals surface area (Å²) >= 11 is 0. The standard InChI is InChI=1S/C13H14N2.ClH/c1-14-10-11-6-2-3-7-12(11)13-8-4-5-9-15-13;/h2-9,14H,10H2,1H3;1H. The molecule has 2 rings (SSSR count). The summed E-state index contributed by atoms with van der Waals surface area (Å²) in [5.41, 5.74) is 3.62. The van der Waals surface area contributed by atoms with Crippen LogP contribution in [0.2, 0.25) is 0 Å². The number of pyridine rings is 1. The second-order valence-corrected chi connectivity index (χ2v) is 3.48. The monoisotopic (exact) mass is 234 g/mol. The molecule has 0 aliphatic heterocycles. The maximum absolute atomic E-state index is 4.38. The van der Waals surface area contributed by atoms with E-state index in [0.29, 0.717) is 0 Å². The van der Waals surface area contributed by atoms with Crippen molar-refractivity contribution >= 4 is 0 Å². The molecule has 0 atom stereocenters. The van der Waals surface area contributed by atoms with Crippen molar-refractivity contribution in [2.24, 2.45) is 0 Å². The predicted molar refractivity (Wildman–Crippen MR) is 61.2 cm³/mol. The summed E-state index contributed by atoms with van der Waals surface area (Å²) in [6, 6.07) is 14.4. The third-order valence-corrected chi connectivity index (χ3v) is 2.38. The highest BCUT2D eigenvalue weighted by Gasteiger charge is 2.04. The van der Waals surface area contributed by atoms with Crippen molar-refractivity contribution in [3.63, 3.8) is 0 Å². The van der Waals surface area contributed by atoms with Crippen molar-refractivity contribution in [1.82, 2.24) is 4.98 Å². The van der Waals surface area contributed by atoms with E-state index in [1.165, 1.54) is 11.1 Å². The number of nitrogens with zero attached hydrogens (tertiary/aromatic N) is 1. The van der Waals surface area contributed by atoms with Crippen LogP contribution in [-0.2, 0) is 6.54 Å². The SMILES string of the molecule is C[NH2+]Cc1ccccc1-c1ccccn1.[Cl-]. The van der Waals surface area contributed by atoms with E-state index in [1.807, 2.05) is 18.3 Å². The minimum absolute atomic E-state index is 0. The molecule has 0 aliphatic rings. The second kappa shape index (κ2) is 6.26. The van der Waals surface area contributed by atoms with Gasteiger partial charge in [-0.3, -0.25) is 4.98 Å². The molecule has 1 aromatic carbocycles. The number of hydrogen-bond acceptors (Lipinski definition) is 1. The molecule has 2 aromatic rings. The molecule has 1 aromatic heterocycles. The summed E-state index contributed by atoms with van der Waals surface area (Å²) in [6.45, 7) is 0.993. The summed E-state index contributed by atoms with van der Waals surface area (Å²) in [5, 5.41) is 2.17. The molecular weight excluding hydrogens is 220 g/mol. The molecule has 0 bridgehead atoms. The summed E-state index contributed by atoms with van der Waals surface area (Å²) in [7, 11) is 2.08. The lowest BCUT2D eigenvalue weighted by Gasteiger charge is -2.06. The number of quaternary nitrogens is 1. The van der Waals surface area contributed by atoms with Crippen LogP contribution in [-0.4, -0.2) is 12.0 Å². The number of halogens is 1. The largest absolute Gasteiger partial charge is 1.00 e. The van der Waals surface area contributed by atoms with Gasteiger partial charge < -0.3 is 17.7 Å². The molecule has 0 aliphatic carbocycles. The van der Waals surface area contributed by atoms with Gasteiger partial charge in [0, 0.05) is 17.3 Å². The maximum Gasteiger partial charge on any atom is 0.102 e. The van der Waals surface area contributed by atoms with Gasteiger partial charge in [0.05, 0.1) is 12.7 Å². The number of hydrogen-bond donors (Lipinski definition) is 1. The summed E-state index contributed by atoms with van der Waals surface area (Å²) < 4.78 is 0. The highest BCUT2D eigenvalue weighted by atomic mass is 35.5. The lowest BCUT2D eigenvalue weighted by Crippen LogP contribution is -3.00. The second-order valence-electron chi connectivity index (χ2n) is 3.48. The smallest absolute Gasteiger partial charge is 0.102 e. The molecule has 16 heavy (non-hydrogen) atoms. The average molecular weight is 235 g/mol. The van der Waals surface area contributed by atoms with E-state index in [2.05, 4.69) is 47.7 Å². The first-order chi connectivity index (χ1) is 7.42. The Balaban J connectivity index is 0.00000128. The molecule has 2 N–H and O–H groups in total. The van der Waals surface area contributed by atoms with Crippen LogP contribution in [0.5, 0.6) is 0 Å². The van der Waals surface area contributed by atoms with Crippen molar-refractivity contribution in [3.8, 4) is 11.3 Å². The normalized spacial score (nSPS) is 9.56. The Labute approximate surface area is 102 Å². The van der Waals surface area contributed by atoms with Gasteiger partial charge in [-0.15, -0.1) is 0 Å². The van der Waals surface area contributed by atoms with E-state index in [1.54, 1.807) is 0 Å². The number of nitrogens with two attached hydrogens (primary N) is 1. The topological polar surface area (TPSA) is 29.5 Å². The molecule has 0 fully saturated rings. The molecule has 84 valence electrons. The number of aromatic nitrogens is 1. The zero-order valence-electron chi connectivity index (χ0n) is 9.23. The Morgan fingerprint density at radius 1 is 1.06 bits per heavy atom. The van der Waals surface area contributed by atoms with Crippen molar-refractivity contribution in [2.45, 2.75) is 6.54 Å².